The standard InChI is InChI=1S/C23H22ClFN8O2S/c24-19-11-29-22(36-19)21(34)30-12-4-3-5-13(8-12)33-17-9-15(20(26)32-27)28-10-16(17)31-23(33)35-18-7-2-1-6-14(18)25/h1-2,6-7,9-13H,3-5,8,27H2,(H2,26,32)(H,30,34)/t12-,13+/m0/s1. The van der Waals surface area contributed by atoms with Crippen LogP contribution in [-0.4, -0.2) is 37.3 Å². The Morgan fingerprint density at radius 1 is 1.28 bits per heavy atom. The summed E-state index contributed by atoms with van der Waals surface area (Å²) in [5.74, 6) is 4.68. The smallest absolute Gasteiger partial charge is 0.303 e. The van der Waals surface area contributed by atoms with Gasteiger partial charge in [0.25, 0.3) is 5.91 Å². The van der Waals surface area contributed by atoms with Crippen molar-refractivity contribution >= 4 is 45.7 Å². The third-order valence-electron chi connectivity index (χ3n) is 6.00. The van der Waals surface area contributed by atoms with Crippen LogP contribution in [0.3, 0.4) is 0 Å². The van der Waals surface area contributed by atoms with Crippen LogP contribution in [0.2, 0.25) is 4.34 Å². The van der Waals surface area contributed by atoms with Crippen molar-refractivity contribution in [1.82, 2.24) is 24.8 Å². The van der Waals surface area contributed by atoms with E-state index in [1.165, 1.54) is 18.3 Å². The Morgan fingerprint density at radius 3 is 2.86 bits per heavy atom. The number of hydrogen-bond donors (Lipinski definition) is 3. The van der Waals surface area contributed by atoms with E-state index in [9.17, 15) is 9.18 Å². The third kappa shape index (κ3) is 4.82. The molecule has 5 N–H and O–H groups in total. The van der Waals surface area contributed by atoms with Crippen molar-refractivity contribution in [2.45, 2.75) is 37.8 Å². The number of carbonyl (C=O) groups is 1. The number of halogens is 2. The number of amides is 1. The highest BCUT2D eigenvalue weighted by Gasteiger charge is 2.29. The molecule has 36 heavy (non-hydrogen) atoms. The minimum absolute atomic E-state index is 0.0478. The average Bonchev–Trinajstić information content (AvgIpc) is 3.48. The molecule has 1 aromatic carbocycles. The number of carbonyl (C=O) groups excluding carboxylic acids is 1. The fourth-order valence-corrected chi connectivity index (χ4v) is 5.18. The Labute approximate surface area is 214 Å². The average molecular weight is 529 g/mol. The van der Waals surface area contributed by atoms with Crippen LogP contribution >= 0.6 is 22.9 Å². The van der Waals surface area contributed by atoms with E-state index < -0.39 is 5.82 Å². The van der Waals surface area contributed by atoms with Gasteiger partial charge in [0.1, 0.15) is 15.5 Å². The fourth-order valence-electron chi connectivity index (χ4n) is 4.37. The van der Waals surface area contributed by atoms with Gasteiger partial charge in [0.2, 0.25) is 0 Å². The van der Waals surface area contributed by atoms with Gasteiger partial charge in [-0.25, -0.2) is 9.37 Å². The Kier molecular flexibility index (Phi) is 6.70. The molecule has 1 saturated carbocycles. The Balaban J connectivity index is 1.50. The van der Waals surface area contributed by atoms with Crippen molar-refractivity contribution in [1.29, 1.82) is 0 Å². The molecule has 13 heteroatoms. The van der Waals surface area contributed by atoms with E-state index in [1.54, 1.807) is 24.4 Å². The highest BCUT2D eigenvalue weighted by Crippen LogP contribution is 2.37. The number of ether oxygens (including phenoxy) is 1. The van der Waals surface area contributed by atoms with Gasteiger partial charge in [-0.3, -0.25) is 14.3 Å². The first kappa shape index (κ1) is 23.9. The predicted molar refractivity (Wildman–Crippen MR) is 135 cm³/mol. The molecule has 10 nitrogen and oxygen atoms in total. The summed E-state index contributed by atoms with van der Waals surface area (Å²) in [6.07, 6.45) is 6.04. The molecule has 1 aliphatic rings. The van der Waals surface area contributed by atoms with Crippen molar-refractivity contribution in [3.05, 3.63) is 63.6 Å². The first-order valence-electron chi connectivity index (χ1n) is 11.2. The fraction of sp³-hybridized carbons (Fsp3) is 0.261. The second kappa shape index (κ2) is 10.1. The number of imidazole rings is 1. The molecule has 0 unspecified atom stereocenters. The minimum Gasteiger partial charge on any atom is -0.422 e. The third-order valence-corrected chi connectivity index (χ3v) is 7.12. The number of nitrogens with two attached hydrogens (primary N) is 2. The molecule has 1 fully saturated rings. The van der Waals surface area contributed by atoms with Gasteiger partial charge in [-0.1, -0.05) is 35.1 Å². The zero-order valence-electron chi connectivity index (χ0n) is 18.9. The lowest BCUT2D eigenvalue weighted by Crippen LogP contribution is -2.38. The van der Waals surface area contributed by atoms with Crippen molar-refractivity contribution in [2.75, 3.05) is 0 Å². The molecule has 0 saturated heterocycles. The zero-order valence-corrected chi connectivity index (χ0v) is 20.5. The van der Waals surface area contributed by atoms with Crippen LogP contribution in [0.25, 0.3) is 11.0 Å². The Bertz CT molecular complexity index is 1460. The summed E-state index contributed by atoms with van der Waals surface area (Å²) in [6, 6.07) is 7.82. The number of thiazole rings is 1. The highest BCUT2D eigenvalue weighted by molar-refractivity contribution is 7.17. The quantitative estimate of drug-likeness (QED) is 0.148. The first-order valence-corrected chi connectivity index (χ1v) is 12.4. The van der Waals surface area contributed by atoms with E-state index in [0.29, 0.717) is 32.5 Å². The van der Waals surface area contributed by atoms with Gasteiger partial charge in [0.15, 0.2) is 22.4 Å². The molecule has 1 aliphatic carbocycles. The molecule has 3 aromatic heterocycles. The lowest BCUT2D eigenvalue weighted by atomic mass is 9.90. The maximum absolute atomic E-state index is 14.4. The molecule has 0 aliphatic heterocycles. The van der Waals surface area contributed by atoms with Gasteiger partial charge >= 0.3 is 6.01 Å². The summed E-state index contributed by atoms with van der Waals surface area (Å²) in [5, 5.41) is 6.89. The van der Waals surface area contributed by atoms with Crippen molar-refractivity contribution < 1.29 is 13.9 Å². The SMILES string of the molecule is N/N=C(\N)c1cc2c(cn1)nc(Oc1ccccc1F)n2[C@@H]1CCC[C@H](NC(=O)c2ncc(Cl)s2)C1. The number of pyridine rings is 1. The Hall–Kier alpha value is -3.77. The summed E-state index contributed by atoms with van der Waals surface area (Å²) in [5.41, 5.74) is 7.49. The van der Waals surface area contributed by atoms with E-state index in [1.807, 2.05) is 4.57 Å². The number of aromatic nitrogens is 4. The molecule has 2 atom stereocenters. The van der Waals surface area contributed by atoms with Crippen molar-refractivity contribution in [2.24, 2.45) is 16.7 Å². The molecular formula is C23H22ClFN8O2S. The van der Waals surface area contributed by atoms with Crippen LogP contribution in [0.5, 0.6) is 11.8 Å². The van der Waals surface area contributed by atoms with Crippen molar-refractivity contribution in [3.63, 3.8) is 0 Å². The second-order valence-electron chi connectivity index (χ2n) is 8.33. The van der Waals surface area contributed by atoms with Crippen LogP contribution in [0.4, 0.5) is 4.39 Å². The van der Waals surface area contributed by atoms with Crippen LogP contribution < -0.4 is 21.6 Å². The molecular weight excluding hydrogens is 507 g/mol. The maximum atomic E-state index is 14.4. The monoisotopic (exact) mass is 528 g/mol. The van der Waals surface area contributed by atoms with E-state index in [4.69, 9.17) is 27.9 Å². The van der Waals surface area contributed by atoms with Crippen LogP contribution in [-0.2, 0) is 0 Å². The molecule has 3 heterocycles. The molecule has 1 amide bonds. The normalized spacial score (nSPS) is 18.3. The van der Waals surface area contributed by atoms with Crippen LogP contribution in [0.1, 0.15) is 47.2 Å². The van der Waals surface area contributed by atoms with Gasteiger partial charge in [-0.2, -0.15) is 10.1 Å². The van der Waals surface area contributed by atoms with E-state index >= 15 is 0 Å². The number of hydrazone groups is 1. The van der Waals surface area contributed by atoms with E-state index in [2.05, 4.69) is 25.4 Å². The van der Waals surface area contributed by atoms with Gasteiger partial charge in [0.05, 0.1) is 17.9 Å². The summed E-state index contributed by atoms with van der Waals surface area (Å²) in [7, 11) is 0. The second-order valence-corrected chi connectivity index (χ2v) is 9.99. The van der Waals surface area contributed by atoms with Crippen molar-refractivity contribution in [3.8, 4) is 11.8 Å². The van der Waals surface area contributed by atoms with Gasteiger partial charge in [-0.15, -0.1) is 0 Å². The predicted octanol–water partition coefficient (Wildman–Crippen LogP) is 3.97. The summed E-state index contributed by atoms with van der Waals surface area (Å²) in [4.78, 5) is 25.6. The number of nitrogens with zero attached hydrogens (tertiary/aromatic N) is 5. The topological polar surface area (TPSA) is 146 Å². The van der Waals surface area contributed by atoms with Crippen LogP contribution in [0, 0.1) is 5.82 Å². The summed E-state index contributed by atoms with van der Waals surface area (Å²) >= 11 is 7.06. The number of rotatable bonds is 6. The molecule has 4 aromatic rings. The molecule has 0 spiro atoms. The first-order chi connectivity index (χ1) is 17.4. The van der Waals surface area contributed by atoms with E-state index in [0.717, 1.165) is 30.6 Å². The molecule has 0 bridgehead atoms. The van der Waals surface area contributed by atoms with Crippen LogP contribution in [0.15, 0.2) is 47.8 Å². The largest absolute Gasteiger partial charge is 0.422 e. The maximum Gasteiger partial charge on any atom is 0.303 e. The highest BCUT2D eigenvalue weighted by atomic mass is 35.5. The number of fused-ring (bicyclic) bond motifs is 1. The zero-order chi connectivity index (χ0) is 25.2. The minimum atomic E-state index is -0.509. The van der Waals surface area contributed by atoms with Gasteiger partial charge in [0, 0.05) is 12.1 Å². The number of nitrogens with one attached hydrogen (secondary N) is 1. The van der Waals surface area contributed by atoms with E-state index in [-0.39, 0.29) is 35.6 Å². The summed E-state index contributed by atoms with van der Waals surface area (Å²) in [6.45, 7) is 0. The lowest BCUT2D eigenvalue weighted by Gasteiger charge is -2.31. The number of para-hydroxylation sites is 1. The van der Waals surface area contributed by atoms with Gasteiger partial charge in [-0.05, 0) is 43.9 Å². The number of amidine groups is 1. The molecule has 5 rings (SSSR count). The molecule has 186 valence electrons. The number of benzene rings is 1. The number of hydrogen-bond acceptors (Lipinski definition) is 8. The van der Waals surface area contributed by atoms with Gasteiger partial charge < -0.3 is 21.6 Å². The molecule has 0 radical (unpaired) electrons. The lowest BCUT2D eigenvalue weighted by molar-refractivity contribution is 0.0920. The Morgan fingerprint density at radius 2 is 2.11 bits per heavy atom. The summed E-state index contributed by atoms with van der Waals surface area (Å²) < 4.78 is 22.7.